The van der Waals surface area contributed by atoms with Crippen molar-refractivity contribution in [3.05, 3.63) is 0 Å². The SMILES string of the molecule is CC(O)CN1CC(N)(C(C)C)C1. The summed E-state index contributed by atoms with van der Waals surface area (Å²) < 4.78 is 0. The molecule has 0 spiro atoms. The Morgan fingerprint density at radius 3 is 2.25 bits per heavy atom. The quantitative estimate of drug-likeness (QED) is 0.632. The van der Waals surface area contributed by atoms with Crippen LogP contribution in [-0.2, 0) is 0 Å². The van der Waals surface area contributed by atoms with Gasteiger partial charge in [0.1, 0.15) is 0 Å². The predicted molar refractivity (Wildman–Crippen MR) is 49.9 cm³/mol. The van der Waals surface area contributed by atoms with Crippen LogP contribution in [0.25, 0.3) is 0 Å². The lowest BCUT2D eigenvalue weighted by atomic mass is 9.80. The molecule has 0 amide bonds. The zero-order chi connectivity index (χ0) is 9.35. The molecule has 1 atom stereocenters. The Bertz CT molecular complexity index is 151. The van der Waals surface area contributed by atoms with Crippen molar-refractivity contribution in [1.82, 2.24) is 4.90 Å². The second-order valence-electron chi connectivity index (χ2n) is 4.41. The molecule has 72 valence electrons. The molecule has 0 bridgehead atoms. The molecule has 0 aliphatic carbocycles. The molecule has 0 saturated carbocycles. The highest BCUT2D eigenvalue weighted by Crippen LogP contribution is 2.25. The highest BCUT2D eigenvalue weighted by atomic mass is 16.3. The van der Waals surface area contributed by atoms with Gasteiger partial charge in [-0.25, -0.2) is 0 Å². The molecule has 0 aromatic rings. The summed E-state index contributed by atoms with van der Waals surface area (Å²) in [7, 11) is 0. The summed E-state index contributed by atoms with van der Waals surface area (Å²) in [6, 6.07) is 0. The first-order valence-corrected chi connectivity index (χ1v) is 4.63. The molecule has 1 heterocycles. The molecule has 1 rings (SSSR count). The minimum absolute atomic E-state index is 0.00507. The van der Waals surface area contributed by atoms with Crippen molar-refractivity contribution in [3.8, 4) is 0 Å². The molecule has 0 radical (unpaired) electrons. The summed E-state index contributed by atoms with van der Waals surface area (Å²) >= 11 is 0. The Labute approximate surface area is 74.5 Å². The van der Waals surface area contributed by atoms with E-state index in [4.69, 9.17) is 10.8 Å². The number of hydrogen-bond donors (Lipinski definition) is 2. The first-order valence-electron chi connectivity index (χ1n) is 4.63. The lowest BCUT2D eigenvalue weighted by Gasteiger charge is -2.50. The molecule has 3 nitrogen and oxygen atoms in total. The van der Waals surface area contributed by atoms with E-state index in [9.17, 15) is 0 Å². The Balaban J connectivity index is 2.27. The van der Waals surface area contributed by atoms with Crippen molar-refractivity contribution in [1.29, 1.82) is 0 Å². The van der Waals surface area contributed by atoms with Crippen molar-refractivity contribution < 1.29 is 5.11 Å². The lowest BCUT2D eigenvalue weighted by Crippen LogP contribution is -2.70. The minimum atomic E-state index is -0.235. The number of β-amino-alcohol motifs (C(OH)–C–C–N with tert-alkyl or cyclic N) is 1. The van der Waals surface area contributed by atoms with Crippen LogP contribution in [0.2, 0.25) is 0 Å². The molecule has 0 aromatic carbocycles. The molecule has 3 N–H and O–H groups in total. The van der Waals surface area contributed by atoms with Gasteiger partial charge in [-0.15, -0.1) is 0 Å². The normalized spacial score (nSPS) is 25.5. The van der Waals surface area contributed by atoms with E-state index in [0.29, 0.717) is 5.92 Å². The number of nitrogens with two attached hydrogens (primary N) is 1. The van der Waals surface area contributed by atoms with Crippen LogP contribution in [0.1, 0.15) is 20.8 Å². The maximum atomic E-state index is 9.11. The van der Waals surface area contributed by atoms with Gasteiger partial charge < -0.3 is 10.8 Å². The second kappa shape index (κ2) is 3.32. The van der Waals surface area contributed by atoms with Crippen molar-refractivity contribution in [3.63, 3.8) is 0 Å². The van der Waals surface area contributed by atoms with Gasteiger partial charge in [-0.1, -0.05) is 13.8 Å². The summed E-state index contributed by atoms with van der Waals surface area (Å²) in [5.41, 5.74) is 6.08. The highest BCUT2D eigenvalue weighted by molar-refractivity contribution is 5.02. The fourth-order valence-corrected chi connectivity index (χ4v) is 1.65. The van der Waals surface area contributed by atoms with E-state index in [1.165, 1.54) is 0 Å². The van der Waals surface area contributed by atoms with Crippen molar-refractivity contribution in [2.45, 2.75) is 32.4 Å². The molecule has 1 fully saturated rings. The molecule has 1 aliphatic rings. The van der Waals surface area contributed by atoms with E-state index in [1.54, 1.807) is 0 Å². The summed E-state index contributed by atoms with van der Waals surface area (Å²) in [6.07, 6.45) is -0.235. The van der Waals surface area contributed by atoms with Crippen molar-refractivity contribution >= 4 is 0 Å². The van der Waals surface area contributed by atoms with Crippen LogP contribution in [0.5, 0.6) is 0 Å². The fourth-order valence-electron chi connectivity index (χ4n) is 1.65. The van der Waals surface area contributed by atoms with Gasteiger partial charge in [-0.3, -0.25) is 4.90 Å². The monoisotopic (exact) mass is 172 g/mol. The summed E-state index contributed by atoms with van der Waals surface area (Å²) in [5, 5.41) is 9.11. The Kier molecular flexibility index (Phi) is 2.76. The molecule has 12 heavy (non-hydrogen) atoms. The molecule has 3 heteroatoms. The number of likely N-dealkylation sites (tertiary alicyclic amines) is 1. The molecule has 1 unspecified atom stereocenters. The third-order valence-corrected chi connectivity index (χ3v) is 2.71. The zero-order valence-corrected chi connectivity index (χ0v) is 8.25. The van der Waals surface area contributed by atoms with E-state index >= 15 is 0 Å². The minimum Gasteiger partial charge on any atom is -0.392 e. The number of nitrogens with zero attached hydrogens (tertiary/aromatic N) is 1. The average molecular weight is 172 g/mol. The Morgan fingerprint density at radius 1 is 1.42 bits per heavy atom. The van der Waals surface area contributed by atoms with E-state index in [-0.39, 0.29) is 11.6 Å². The molecule has 0 aromatic heterocycles. The van der Waals surface area contributed by atoms with E-state index in [1.807, 2.05) is 6.92 Å². The van der Waals surface area contributed by atoms with E-state index in [0.717, 1.165) is 19.6 Å². The smallest absolute Gasteiger partial charge is 0.0639 e. The van der Waals surface area contributed by atoms with E-state index in [2.05, 4.69) is 18.7 Å². The topological polar surface area (TPSA) is 49.5 Å². The van der Waals surface area contributed by atoms with Gasteiger partial charge in [0.2, 0.25) is 0 Å². The summed E-state index contributed by atoms with van der Waals surface area (Å²) in [6.45, 7) is 8.72. The molecule has 1 aliphatic heterocycles. The fraction of sp³-hybridized carbons (Fsp3) is 1.00. The molecular formula is C9H20N2O. The van der Waals surface area contributed by atoms with Crippen LogP contribution in [-0.4, -0.2) is 41.3 Å². The molecular weight excluding hydrogens is 152 g/mol. The number of aliphatic hydroxyl groups excluding tert-OH is 1. The maximum Gasteiger partial charge on any atom is 0.0639 e. The van der Waals surface area contributed by atoms with Gasteiger partial charge in [0.15, 0.2) is 0 Å². The highest BCUT2D eigenvalue weighted by Gasteiger charge is 2.41. The standard InChI is InChI=1S/C9H20N2O/c1-7(2)9(10)5-11(6-9)4-8(3)12/h7-8,12H,4-6,10H2,1-3H3. The van der Waals surface area contributed by atoms with E-state index < -0.39 is 0 Å². The molecule has 1 saturated heterocycles. The van der Waals surface area contributed by atoms with Gasteiger partial charge in [0.05, 0.1) is 6.10 Å². The zero-order valence-electron chi connectivity index (χ0n) is 8.25. The van der Waals surface area contributed by atoms with Crippen molar-refractivity contribution in [2.75, 3.05) is 19.6 Å². The number of aliphatic hydroxyl groups is 1. The van der Waals surface area contributed by atoms with Crippen LogP contribution >= 0.6 is 0 Å². The Morgan fingerprint density at radius 2 is 1.92 bits per heavy atom. The summed E-state index contributed by atoms with van der Waals surface area (Å²) in [5.74, 6) is 0.530. The third kappa shape index (κ3) is 1.97. The number of hydrogen-bond acceptors (Lipinski definition) is 3. The predicted octanol–water partition coefficient (Wildman–Crippen LogP) is 0.0363. The van der Waals surface area contributed by atoms with Crippen molar-refractivity contribution in [2.24, 2.45) is 11.7 Å². The second-order valence-corrected chi connectivity index (χ2v) is 4.41. The summed E-state index contributed by atoms with van der Waals surface area (Å²) in [4.78, 5) is 2.20. The van der Waals surface area contributed by atoms with Gasteiger partial charge >= 0.3 is 0 Å². The first-order chi connectivity index (χ1) is 5.44. The lowest BCUT2D eigenvalue weighted by molar-refractivity contribution is 0.00654. The largest absolute Gasteiger partial charge is 0.392 e. The third-order valence-electron chi connectivity index (χ3n) is 2.71. The van der Waals surface area contributed by atoms with Crippen LogP contribution in [0, 0.1) is 5.92 Å². The average Bonchev–Trinajstić information content (AvgIpc) is 1.82. The van der Waals surface area contributed by atoms with Crippen LogP contribution < -0.4 is 5.73 Å². The van der Waals surface area contributed by atoms with Crippen LogP contribution in [0.15, 0.2) is 0 Å². The maximum absolute atomic E-state index is 9.11. The van der Waals surface area contributed by atoms with Crippen LogP contribution in [0.3, 0.4) is 0 Å². The van der Waals surface area contributed by atoms with Gasteiger partial charge in [-0.2, -0.15) is 0 Å². The first kappa shape index (κ1) is 9.96. The van der Waals surface area contributed by atoms with Gasteiger partial charge in [-0.05, 0) is 12.8 Å². The van der Waals surface area contributed by atoms with Gasteiger partial charge in [0.25, 0.3) is 0 Å². The Hall–Kier alpha value is -0.120. The number of rotatable bonds is 3. The van der Waals surface area contributed by atoms with Crippen LogP contribution in [0.4, 0.5) is 0 Å². The van der Waals surface area contributed by atoms with Gasteiger partial charge in [0, 0.05) is 25.2 Å².